The van der Waals surface area contributed by atoms with E-state index in [0.29, 0.717) is 16.2 Å². The Kier molecular flexibility index (Phi) is 4.07. The first-order valence-corrected chi connectivity index (χ1v) is 8.66. The van der Waals surface area contributed by atoms with Crippen LogP contribution in [0, 0.1) is 25.5 Å². The van der Waals surface area contributed by atoms with Crippen molar-refractivity contribution in [1.82, 2.24) is 19.1 Å². The van der Waals surface area contributed by atoms with Gasteiger partial charge in [-0.3, -0.25) is 4.79 Å². The van der Waals surface area contributed by atoms with Crippen molar-refractivity contribution in [3.05, 3.63) is 41.0 Å². The van der Waals surface area contributed by atoms with E-state index in [1.54, 1.807) is 6.92 Å². The van der Waals surface area contributed by atoms with E-state index < -0.39 is 45.1 Å². The third kappa shape index (κ3) is 2.78. The summed E-state index contributed by atoms with van der Waals surface area (Å²) >= 11 is 0. The SMILES string of the molecule is Cc1cc(F)c(S(=O)(=O)N2Cc3nnc(C)n3CC2C(=O)O)cc1F. The van der Waals surface area contributed by atoms with E-state index in [2.05, 4.69) is 10.2 Å². The highest BCUT2D eigenvalue weighted by Gasteiger charge is 2.42. The molecule has 0 saturated carbocycles. The molecule has 0 bridgehead atoms. The molecule has 3 rings (SSSR count). The van der Waals surface area contributed by atoms with Crippen LogP contribution >= 0.6 is 0 Å². The lowest BCUT2D eigenvalue weighted by Gasteiger charge is -2.32. The minimum Gasteiger partial charge on any atom is -0.480 e. The van der Waals surface area contributed by atoms with Gasteiger partial charge in [0.25, 0.3) is 0 Å². The second kappa shape index (κ2) is 5.85. The average Bonchev–Trinajstić information content (AvgIpc) is 2.90. The molecule has 1 atom stereocenters. The predicted molar refractivity (Wildman–Crippen MR) is 80.0 cm³/mol. The van der Waals surface area contributed by atoms with Gasteiger partial charge in [0.05, 0.1) is 13.1 Å². The number of aromatic nitrogens is 3. The number of benzene rings is 1. The molecule has 0 aliphatic carbocycles. The normalized spacial score (nSPS) is 18.2. The van der Waals surface area contributed by atoms with Gasteiger partial charge in [0.15, 0.2) is 0 Å². The van der Waals surface area contributed by atoms with Gasteiger partial charge in [0, 0.05) is 0 Å². The Morgan fingerprint density at radius 2 is 1.92 bits per heavy atom. The lowest BCUT2D eigenvalue weighted by molar-refractivity contribution is -0.142. The Balaban J connectivity index is 2.12. The maximum atomic E-state index is 14.2. The summed E-state index contributed by atoms with van der Waals surface area (Å²) in [6, 6.07) is -0.172. The van der Waals surface area contributed by atoms with Crippen molar-refractivity contribution in [2.45, 2.75) is 37.9 Å². The van der Waals surface area contributed by atoms with Crippen LogP contribution in [0.2, 0.25) is 0 Å². The van der Waals surface area contributed by atoms with Crippen molar-refractivity contribution >= 4 is 16.0 Å². The number of carbonyl (C=O) groups is 1. The van der Waals surface area contributed by atoms with Gasteiger partial charge >= 0.3 is 5.97 Å². The number of rotatable bonds is 3. The Morgan fingerprint density at radius 3 is 2.56 bits per heavy atom. The van der Waals surface area contributed by atoms with E-state index >= 15 is 0 Å². The van der Waals surface area contributed by atoms with E-state index in [4.69, 9.17) is 0 Å². The zero-order valence-corrected chi connectivity index (χ0v) is 14.1. The molecule has 2 heterocycles. The van der Waals surface area contributed by atoms with Crippen molar-refractivity contribution in [2.24, 2.45) is 0 Å². The molecule has 0 radical (unpaired) electrons. The summed E-state index contributed by atoms with van der Waals surface area (Å²) < 4.78 is 55.6. The lowest BCUT2D eigenvalue weighted by Crippen LogP contribution is -2.50. The molecular weight excluding hydrogens is 358 g/mol. The monoisotopic (exact) mass is 372 g/mol. The van der Waals surface area contributed by atoms with Gasteiger partial charge in [-0.15, -0.1) is 10.2 Å². The molecule has 0 amide bonds. The van der Waals surface area contributed by atoms with Gasteiger partial charge in [-0.05, 0) is 31.5 Å². The quantitative estimate of drug-likeness (QED) is 0.856. The van der Waals surface area contributed by atoms with Crippen LogP contribution in [0.15, 0.2) is 17.0 Å². The summed E-state index contributed by atoms with van der Waals surface area (Å²) in [6.07, 6.45) is 0. The molecule has 1 aromatic carbocycles. The zero-order valence-electron chi connectivity index (χ0n) is 13.3. The Bertz CT molecular complexity index is 973. The zero-order chi connectivity index (χ0) is 18.5. The molecular formula is C14H14F2N4O4S. The maximum absolute atomic E-state index is 14.2. The van der Waals surface area contributed by atoms with Crippen molar-refractivity contribution < 1.29 is 27.1 Å². The lowest BCUT2D eigenvalue weighted by atomic mass is 10.2. The largest absolute Gasteiger partial charge is 0.480 e. The summed E-state index contributed by atoms with van der Waals surface area (Å²) in [5.74, 6) is -2.79. The molecule has 1 aliphatic heterocycles. The fourth-order valence-electron chi connectivity index (χ4n) is 2.70. The number of aliphatic carboxylic acids is 1. The van der Waals surface area contributed by atoms with Crippen LogP contribution in [0.4, 0.5) is 8.78 Å². The molecule has 1 N–H and O–H groups in total. The first-order chi connectivity index (χ1) is 11.6. The van der Waals surface area contributed by atoms with Crippen LogP contribution in [-0.2, 0) is 27.9 Å². The van der Waals surface area contributed by atoms with Crippen LogP contribution in [0.5, 0.6) is 0 Å². The van der Waals surface area contributed by atoms with E-state index in [9.17, 15) is 27.1 Å². The molecule has 11 heteroatoms. The third-order valence-corrected chi connectivity index (χ3v) is 5.97. The number of hydrogen-bond donors (Lipinski definition) is 1. The number of aryl methyl sites for hydroxylation is 2. The number of fused-ring (bicyclic) bond motifs is 1. The summed E-state index contributed by atoms with van der Waals surface area (Å²) in [7, 11) is -4.60. The van der Waals surface area contributed by atoms with Crippen LogP contribution in [-0.4, -0.2) is 44.6 Å². The highest BCUT2D eigenvalue weighted by molar-refractivity contribution is 7.89. The van der Waals surface area contributed by atoms with Gasteiger partial charge in [0.1, 0.15) is 34.2 Å². The van der Waals surface area contributed by atoms with E-state index in [1.165, 1.54) is 11.5 Å². The van der Waals surface area contributed by atoms with Crippen LogP contribution < -0.4 is 0 Å². The molecule has 8 nitrogen and oxygen atoms in total. The Labute approximate surface area is 141 Å². The first-order valence-electron chi connectivity index (χ1n) is 7.22. The van der Waals surface area contributed by atoms with E-state index in [-0.39, 0.29) is 17.9 Å². The fourth-order valence-corrected chi connectivity index (χ4v) is 4.29. The summed E-state index contributed by atoms with van der Waals surface area (Å²) in [5, 5.41) is 17.0. The Morgan fingerprint density at radius 1 is 1.24 bits per heavy atom. The van der Waals surface area contributed by atoms with Crippen molar-refractivity contribution in [2.75, 3.05) is 0 Å². The van der Waals surface area contributed by atoms with E-state index in [1.807, 2.05) is 0 Å². The standard InChI is InChI=1S/C14H14F2N4O4S/c1-7-3-10(16)12(4-9(7)15)25(23,24)20-6-13-18-17-8(2)19(13)5-11(20)14(21)22/h3-4,11H,5-6H2,1-2H3,(H,21,22). The predicted octanol–water partition coefficient (Wildman–Crippen LogP) is 0.831. The van der Waals surface area contributed by atoms with Gasteiger partial charge < -0.3 is 9.67 Å². The number of carboxylic acid groups (broad SMARTS) is 1. The molecule has 25 heavy (non-hydrogen) atoms. The minimum absolute atomic E-state index is 0.0553. The van der Waals surface area contributed by atoms with E-state index in [0.717, 1.165) is 6.07 Å². The number of carboxylic acids is 1. The van der Waals surface area contributed by atoms with Crippen molar-refractivity contribution in [3.8, 4) is 0 Å². The summed E-state index contributed by atoms with van der Waals surface area (Å²) in [5.41, 5.74) is -0.0553. The highest BCUT2D eigenvalue weighted by Crippen LogP contribution is 2.28. The fraction of sp³-hybridized carbons (Fsp3) is 0.357. The van der Waals surface area contributed by atoms with Gasteiger partial charge in [-0.1, -0.05) is 0 Å². The van der Waals surface area contributed by atoms with Crippen LogP contribution in [0.3, 0.4) is 0 Å². The number of nitrogens with zero attached hydrogens (tertiary/aromatic N) is 4. The number of hydrogen-bond acceptors (Lipinski definition) is 5. The van der Waals surface area contributed by atoms with Gasteiger partial charge in [-0.2, -0.15) is 4.31 Å². The molecule has 0 spiro atoms. The second-order valence-electron chi connectivity index (χ2n) is 5.71. The average molecular weight is 372 g/mol. The molecule has 2 aromatic rings. The molecule has 0 saturated heterocycles. The molecule has 0 fully saturated rings. The number of sulfonamides is 1. The van der Waals surface area contributed by atoms with Crippen LogP contribution in [0.25, 0.3) is 0 Å². The maximum Gasteiger partial charge on any atom is 0.323 e. The third-order valence-electron chi connectivity index (χ3n) is 4.10. The first kappa shape index (κ1) is 17.4. The molecule has 1 aliphatic rings. The topological polar surface area (TPSA) is 105 Å². The number of halogens is 2. The van der Waals surface area contributed by atoms with Crippen molar-refractivity contribution in [1.29, 1.82) is 0 Å². The highest BCUT2D eigenvalue weighted by atomic mass is 32.2. The molecule has 134 valence electrons. The molecule has 1 unspecified atom stereocenters. The smallest absolute Gasteiger partial charge is 0.323 e. The van der Waals surface area contributed by atoms with Crippen LogP contribution in [0.1, 0.15) is 17.2 Å². The Hall–Kier alpha value is -2.40. The van der Waals surface area contributed by atoms with Gasteiger partial charge in [0.2, 0.25) is 10.0 Å². The summed E-state index contributed by atoms with van der Waals surface area (Å²) in [6.45, 7) is 2.27. The van der Waals surface area contributed by atoms with Crippen molar-refractivity contribution in [3.63, 3.8) is 0 Å². The second-order valence-corrected chi connectivity index (χ2v) is 7.57. The van der Waals surface area contributed by atoms with Gasteiger partial charge in [-0.25, -0.2) is 17.2 Å². The molecule has 1 aromatic heterocycles. The minimum atomic E-state index is -4.60. The summed E-state index contributed by atoms with van der Waals surface area (Å²) in [4.78, 5) is 10.7.